The quantitative estimate of drug-likeness (QED) is 0.564. The fourth-order valence-corrected chi connectivity index (χ4v) is 4.66. The van der Waals surface area contributed by atoms with Crippen molar-refractivity contribution in [2.45, 2.75) is 18.7 Å². The van der Waals surface area contributed by atoms with Gasteiger partial charge < -0.3 is 0 Å². The normalized spacial score (nSPS) is 11.2. The molecule has 0 aliphatic carbocycles. The van der Waals surface area contributed by atoms with Crippen molar-refractivity contribution in [1.29, 1.82) is 0 Å². The van der Waals surface area contributed by atoms with Crippen LogP contribution < -0.4 is 0 Å². The lowest BCUT2D eigenvalue weighted by atomic mass is 10.0. The van der Waals surface area contributed by atoms with Crippen LogP contribution >= 0.6 is 0 Å². The lowest BCUT2D eigenvalue weighted by Crippen LogP contribution is -2.33. The van der Waals surface area contributed by atoms with Crippen LogP contribution in [0, 0.1) is 18.8 Å². The monoisotopic (exact) mass is 389 g/mol. The second-order valence-electron chi connectivity index (χ2n) is 6.63. The highest BCUT2D eigenvalue weighted by molar-refractivity contribution is 7.89. The molecule has 3 aromatic carbocycles. The second kappa shape index (κ2) is 8.43. The molecule has 4 heteroatoms. The van der Waals surface area contributed by atoms with Gasteiger partial charge in [-0.2, -0.15) is 4.31 Å². The van der Waals surface area contributed by atoms with Crippen molar-refractivity contribution in [3.05, 3.63) is 84.4 Å². The standard InChI is InChI=1S/C24H23NO2S/c1-4-5-16-25(28(26,27)24-13-9-6-10-19(24)2)18-20(3)22-15-14-21-11-7-8-12-23(21)17-22/h6-15,17H,3,16,18H2,1-2H3. The predicted molar refractivity (Wildman–Crippen MR) is 116 cm³/mol. The maximum Gasteiger partial charge on any atom is 0.244 e. The molecule has 142 valence electrons. The van der Waals surface area contributed by atoms with Crippen molar-refractivity contribution in [2.24, 2.45) is 0 Å². The van der Waals surface area contributed by atoms with Gasteiger partial charge in [-0.05, 0) is 53.5 Å². The highest BCUT2D eigenvalue weighted by Crippen LogP contribution is 2.24. The van der Waals surface area contributed by atoms with E-state index in [0.29, 0.717) is 10.5 Å². The van der Waals surface area contributed by atoms with E-state index < -0.39 is 10.0 Å². The molecule has 0 amide bonds. The maximum absolute atomic E-state index is 13.3. The van der Waals surface area contributed by atoms with E-state index in [2.05, 4.69) is 18.4 Å². The summed E-state index contributed by atoms with van der Waals surface area (Å²) in [5, 5.41) is 2.24. The minimum Gasteiger partial charge on any atom is -0.207 e. The molecule has 0 aromatic heterocycles. The molecule has 3 rings (SSSR count). The SMILES string of the molecule is C=C(CN(CC#CC)S(=O)(=O)c1ccccc1C)c1ccc2ccccc2c1. The minimum absolute atomic E-state index is 0.125. The Kier molecular flexibility index (Phi) is 5.99. The molecule has 0 radical (unpaired) electrons. The van der Waals surface area contributed by atoms with Gasteiger partial charge in [-0.25, -0.2) is 8.42 Å². The van der Waals surface area contributed by atoms with Crippen LogP contribution in [-0.4, -0.2) is 25.8 Å². The minimum atomic E-state index is -3.68. The molecule has 28 heavy (non-hydrogen) atoms. The van der Waals surface area contributed by atoms with E-state index in [4.69, 9.17) is 0 Å². The highest BCUT2D eigenvalue weighted by Gasteiger charge is 2.26. The van der Waals surface area contributed by atoms with E-state index in [-0.39, 0.29) is 13.1 Å². The maximum atomic E-state index is 13.3. The van der Waals surface area contributed by atoms with Crippen LogP contribution in [0.4, 0.5) is 0 Å². The summed E-state index contributed by atoms with van der Waals surface area (Å²) in [5.74, 6) is 5.67. The number of hydrogen-bond acceptors (Lipinski definition) is 2. The summed E-state index contributed by atoms with van der Waals surface area (Å²) in [5.41, 5.74) is 2.38. The topological polar surface area (TPSA) is 37.4 Å². The lowest BCUT2D eigenvalue weighted by molar-refractivity contribution is 0.481. The van der Waals surface area contributed by atoms with Gasteiger partial charge in [0.05, 0.1) is 11.4 Å². The van der Waals surface area contributed by atoms with E-state index in [9.17, 15) is 8.42 Å². The molecule has 0 unspecified atom stereocenters. The van der Waals surface area contributed by atoms with E-state index in [1.807, 2.05) is 48.5 Å². The molecule has 3 aromatic rings. The van der Waals surface area contributed by atoms with E-state index >= 15 is 0 Å². The summed E-state index contributed by atoms with van der Waals surface area (Å²) >= 11 is 0. The smallest absolute Gasteiger partial charge is 0.207 e. The molecule has 0 bridgehead atoms. The first-order chi connectivity index (χ1) is 13.4. The van der Waals surface area contributed by atoms with Crippen LogP contribution in [0.3, 0.4) is 0 Å². The van der Waals surface area contributed by atoms with Crippen LogP contribution in [0.1, 0.15) is 18.1 Å². The molecule has 0 saturated heterocycles. The molecule has 0 fully saturated rings. The number of nitrogens with zero attached hydrogens (tertiary/aromatic N) is 1. The first-order valence-corrected chi connectivity index (χ1v) is 10.5. The van der Waals surface area contributed by atoms with E-state index in [1.54, 1.807) is 32.0 Å². The zero-order chi connectivity index (χ0) is 20.1. The van der Waals surface area contributed by atoms with Crippen molar-refractivity contribution in [3.8, 4) is 11.8 Å². The third-order valence-corrected chi connectivity index (χ3v) is 6.62. The van der Waals surface area contributed by atoms with Crippen LogP contribution in [0.2, 0.25) is 0 Å². The average Bonchev–Trinajstić information content (AvgIpc) is 2.70. The molecule has 0 aliphatic rings. The van der Waals surface area contributed by atoms with Gasteiger partial charge in [-0.15, -0.1) is 5.92 Å². The van der Waals surface area contributed by atoms with Gasteiger partial charge in [-0.3, -0.25) is 0 Å². The van der Waals surface area contributed by atoms with Gasteiger partial charge in [0, 0.05) is 6.54 Å². The summed E-state index contributed by atoms with van der Waals surface area (Å²) < 4.78 is 27.9. The Morgan fingerprint density at radius 3 is 2.39 bits per heavy atom. The zero-order valence-corrected chi connectivity index (χ0v) is 17.0. The van der Waals surface area contributed by atoms with Crippen molar-refractivity contribution in [1.82, 2.24) is 4.31 Å². The number of aryl methyl sites for hydroxylation is 1. The van der Waals surface area contributed by atoms with Crippen molar-refractivity contribution < 1.29 is 8.42 Å². The molecule has 0 heterocycles. The Morgan fingerprint density at radius 2 is 1.68 bits per heavy atom. The Morgan fingerprint density at radius 1 is 1.00 bits per heavy atom. The second-order valence-corrected chi connectivity index (χ2v) is 8.54. The summed E-state index contributed by atoms with van der Waals surface area (Å²) in [7, 11) is -3.68. The number of benzene rings is 3. The van der Waals surface area contributed by atoms with E-state index in [1.165, 1.54) is 4.31 Å². The van der Waals surface area contributed by atoms with Crippen LogP contribution in [0.5, 0.6) is 0 Å². The molecule has 0 atom stereocenters. The van der Waals surface area contributed by atoms with E-state index in [0.717, 1.165) is 21.9 Å². The van der Waals surface area contributed by atoms with Crippen molar-refractivity contribution in [2.75, 3.05) is 13.1 Å². The molecule has 3 nitrogen and oxygen atoms in total. The van der Waals surface area contributed by atoms with Crippen molar-refractivity contribution >= 4 is 26.4 Å². The third-order valence-electron chi connectivity index (χ3n) is 4.67. The third kappa shape index (κ3) is 4.17. The summed E-state index contributed by atoms with van der Waals surface area (Å²) in [4.78, 5) is 0.305. The first kappa shape index (κ1) is 19.9. The lowest BCUT2D eigenvalue weighted by Gasteiger charge is -2.22. The van der Waals surface area contributed by atoms with Crippen LogP contribution in [0.25, 0.3) is 16.3 Å². The fourth-order valence-electron chi connectivity index (χ4n) is 3.09. The molecular weight excluding hydrogens is 366 g/mol. The van der Waals surface area contributed by atoms with Gasteiger partial charge in [0.25, 0.3) is 0 Å². The number of sulfonamides is 1. The Labute approximate surface area is 167 Å². The highest BCUT2D eigenvalue weighted by atomic mass is 32.2. The summed E-state index contributed by atoms with van der Waals surface area (Å²) in [6.07, 6.45) is 0. The number of hydrogen-bond donors (Lipinski definition) is 0. The van der Waals surface area contributed by atoms with Crippen LogP contribution in [-0.2, 0) is 10.0 Å². The van der Waals surface area contributed by atoms with Gasteiger partial charge in [0.2, 0.25) is 10.0 Å². The molecule has 0 spiro atoms. The zero-order valence-electron chi connectivity index (χ0n) is 16.1. The van der Waals surface area contributed by atoms with Gasteiger partial charge >= 0.3 is 0 Å². The number of rotatable bonds is 6. The Hall–Kier alpha value is -2.87. The average molecular weight is 390 g/mol. The van der Waals surface area contributed by atoms with Crippen LogP contribution in [0.15, 0.2) is 78.2 Å². The molecule has 0 N–H and O–H groups in total. The molecular formula is C24H23NO2S. The predicted octanol–water partition coefficient (Wildman–Crippen LogP) is 4.88. The van der Waals surface area contributed by atoms with Gasteiger partial charge in [0.15, 0.2) is 0 Å². The van der Waals surface area contributed by atoms with Crippen molar-refractivity contribution in [3.63, 3.8) is 0 Å². The van der Waals surface area contributed by atoms with Gasteiger partial charge in [-0.1, -0.05) is 67.1 Å². The summed E-state index contributed by atoms with van der Waals surface area (Å²) in [6, 6.07) is 21.1. The summed E-state index contributed by atoms with van der Waals surface area (Å²) in [6.45, 7) is 7.97. The molecule has 0 saturated carbocycles. The largest absolute Gasteiger partial charge is 0.244 e. The fraction of sp³-hybridized carbons (Fsp3) is 0.167. The first-order valence-electron chi connectivity index (χ1n) is 9.06. The Balaban J connectivity index is 1.94. The molecule has 0 aliphatic heterocycles. The Bertz CT molecular complexity index is 1180. The number of fused-ring (bicyclic) bond motifs is 1. The van der Waals surface area contributed by atoms with Gasteiger partial charge in [0.1, 0.15) is 0 Å².